The maximum Gasteiger partial charge on any atom is 0.317 e. The smallest absolute Gasteiger partial charge is 0.317 e. The second-order valence-electron chi connectivity index (χ2n) is 6.34. The summed E-state index contributed by atoms with van der Waals surface area (Å²) in [5.41, 5.74) is 0. The van der Waals surface area contributed by atoms with E-state index in [1.807, 2.05) is 0 Å². The molecule has 1 aromatic heterocycles. The quantitative estimate of drug-likeness (QED) is 0.643. The molecular weight excluding hydrogens is 441 g/mol. The Bertz CT molecular complexity index is 929. The number of nitrogens with one attached hydrogen (secondary N) is 1. The second kappa shape index (κ2) is 9.75. The topological polar surface area (TPSA) is 79.0 Å². The molecule has 7 nitrogen and oxygen atoms in total. The minimum atomic E-state index is -3.57. The molecule has 2 amide bonds. The van der Waals surface area contributed by atoms with E-state index in [1.165, 1.54) is 22.5 Å². The highest BCUT2D eigenvalue weighted by atomic mass is 35.5. The van der Waals surface area contributed by atoms with Crippen LogP contribution in [0.25, 0.3) is 0 Å². The van der Waals surface area contributed by atoms with Crippen LogP contribution in [0.4, 0.5) is 9.18 Å². The Kier molecular flexibility index (Phi) is 7.33. The number of thiophene rings is 1. The molecule has 0 atom stereocenters. The number of piperazine rings is 1. The van der Waals surface area contributed by atoms with Gasteiger partial charge >= 0.3 is 6.03 Å². The zero-order valence-electron chi connectivity index (χ0n) is 15.5. The summed E-state index contributed by atoms with van der Waals surface area (Å²) in [4.78, 5) is 13.8. The average Bonchev–Trinajstić information content (AvgIpc) is 3.16. The monoisotopic (exact) mass is 461 g/mol. The molecule has 0 spiro atoms. The molecule has 0 unspecified atom stereocenters. The van der Waals surface area contributed by atoms with Gasteiger partial charge in [-0.25, -0.2) is 17.6 Å². The van der Waals surface area contributed by atoms with Crippen LogP contribution in [-0.2, 0) is 10.0 Å². The summed E-state index contributed by atoms with van der Waals surface area (Å²) in [7, 11) is -3.57. The van der Waals surface area contributed by atoms with E-state index in [2.05, 4.69) is 5.32 Å². The highest BCUT2D eigenvalue weighted by molar-refractivity contribution is 7.91. The van der Waals surface area contributed by atoms with Crippen LogP contribution in [0, 0.1) is 5.82 Å². The number of hydrogen-bond donors (Lipinski definition) is 1. The number of amides is 2. The van der Waals surface area contributed by atoms with Crippen molar-refractivity contribution in [2.45, 2.75) is 10.6 Å². The van der Waals surface area contributed by atoms with Crippen molar-refractivity contribution in [2.24, 2.45) is 0 Å². The van der Waals surface area contributed by atoms with Gasteiger partial charge in [0.2, 0.25) is 0 Å². The van der Waals surface area contributed by atoms with Crippen LogP contribution in [0.3, 0.4) is 0 Å². The molecule has 0 saturated carbocycles. The van der Waals surface area contributed by atoms with E-state index in [4.69, 9.17) is 16.3 Å². The molecular formula is C18H21ClFN3O4S2. The van der Waals surface area contributed by atoms with E-state index < -0.39 is 10.0 Å². The molecule has 0 bridgehead atoms. The number of hydrogen-bond acceptors (Lipinski definition) is 5. The number of rotatable bonds is 7. The largest absolute Gasteiger partial charge is 0.494 e. The Morgan fingerprint density at radius 3 is 2.45 bits per heavy atom. The standard InChI is InChI=1S/C18H21ClFN3O4S2/c19-16-6-7-17(28-16)29(25,26)23-11-9-22(10-12-23)18(24)21-8-1-13-27-15-4-2-14(20)3-5-15/h2-7H,1,8-13H2,(H,21,24). The number of carbonyl (C=O) groups excluding carboxylic acids is 1. The van der Waals surface area contributed by atoms with Gasteiger partial charge in [-0.2, -0.15) is 4.31 Å². The molecule has 2 heterocycles. The average molecular weight is 462 g/mol. The predicted molar refractivity (Wildman–Crippen MR) is 110 cm³/mol. The molecule has 2 aromatic rings. The van der Waals surface area contributed by atoms with E-state index in [0.29, 0.717) is 42.7 Å². The molecule has 0 aliphatic carbocycles. The van der Waals surface area contributed by atoms with Gasteiger partial charge in [0.1, 0.15) is 15.8 Å². The molecule has 29 heavy (non-hydrogen) atoms. The van der Waals surface area contributed by atoms with E-state index in [0.717, 1.165) is 11.3 Å². The van der Waals surface area contributed by atoms with Crippen molar-refractivity contribution < 1.29 is 22.3 Å². The Balaban J connectivity index is 1.37. The molecule has 1 aliphatic heterocycles. The predicted octanol–water partition coefficient (Wildman–Crippen LogP) is 3.03. The molecule has 3 rings (SSSR count). The summed E-state index contributed by atoms with van der Waals surface area (Å²) >= 11 is 6.86. The van der Waals surface area contributed by atoms with Crippen LogP contribution in [0.2, 0.25) is 4.34 Å². The SMILES string of the molecule is O=C(NCCCOc1ccc(F)cc1)N1CCN(S(=O)(=O)c2ccc(Cl)s2)CC1. The Hall–Kier alpha value is -1.88. The Morgan fingerprint density at radius 1 is 1.14 bits per heavy atom. The zero-order valence-corrected chi connectivity index (χ0v) is 17.9. The fraction of sp³-hybridized carbons (Fsp3) is 0.389. The van der Waals surface area contributed by atoms with Gasteiger partial charge < -0.3 is 15.0 Å². The van der Waals surface area contributed by atoms with Crippen molar-refractivity contribution in [1.82, 2.24) is 14.5 Å². The summed E-state index contributed by atoms with van der Waals surface area (Å²) in [6, 6.07) is 8.56. The zero-order chi connectivity index (χ0) is 20.9. The number of halogens is 2. The van der Waals surface area contributed by atoms with Crippen LogP contribution in [-0.4, -0.2) is 63.0 Å². The number of ether oxygens (including phenoxy) is 1. The van der Waals surface area contributed by atoms with Crippen LogP contribution >= 0.6 is 22.9 Å². The van der Waals surface area contributed by atoms with Crippen LogP contribution in [0.1, 0.15) is 6.42 Å². The van der Waals surface area contributed by atoms with Crippen molar-refractivity contribution in [3.8, 4) is 5.75 Å². The third-order valence-electron chi connectivity index (χ3n) is 4.35. The van der Waals surface area contributed by atoms with Gasteiger partial charge in [0, 0.05) is 32.7 Å². The first kappa shape index (κ1) is 21.8. The second-order valence-corrected chi connectivity index (χ2v) is 10.2. The Morgan fingerprint density at radius 2 is 1.83 bits per heavy atom. The van der Waals surface area contributed by atoms with Gasteiger partial charge in [-0.15, -0.1) is 11.3 Å². The molecule has 158 valence electrons. The number of urea groups is 1. The third kappa shape index (κ3) is 5.81. The molecule has 1 fully saturated rings. The van der Waals surface area contributed by atoms with Crippen LogP contribution < -0.4 is 10.1 Å². The molecule has 1 aliphatic rings. The summed E-state index contributed by atoms with van der Waals surface area (Å²) in [6.07, 6.45) is 0.594. The number of benzene rings is 1. The molecule has 1 N–H and O–H groups in total. The van der Waals surface area contributed by atoms with E-state index >= 15 is 0 Å². The van der Waals surface area contributed by atoms with Gasteiger partial charge in [0.15, 0.2) is 0 Å². The number of sulfonamides is 1. The summed E-state index contributed by atoms with van der Waals surface area (Å²) in [5, 5.41) is 2.80. The fourth-order valence-electron chi connectivity index (χ4n) is 2.80. The lowest BCUT2D eigenvalue weighted by Crippen LogP contribution is -2.53. The van der Waals surface area contributed by atoms with Crippen molar-refractivity contribution in [3.05, 3.63) is 46.6 Å². The summed E-state index contributed by atoms with van der Waals surface area (Å²) in [6.45, 7) is 1.91. The van der Waals surface area contributed by atoms with Crippen molar-refractivity contribution >= 4 is 39.0 Å². The van der Waals surface area contributed by atoms with Crippen molar-refractivity contribution in [2.75, 3.05) is 39.3 Å². The van der Waals surface area contributed by atoms with E-state index in [1.54, 1.807) is 23.1 Å². The number of nitrogens with zero attached hydrogens (tertiary/aromatic N) is 2. The molecule has 1 aromatic carbocycles. The van der Waals surface area contributed by atoms with Gasteiger partial charge in [0.25, 0.3) is 10.0 Å². The van der Waals surface area contributed by atoms with Crippen LogP contribution in [0.5, 0.6) is 5.75 Å². The van der Waals surface area contributed by atoms with Crippen molar-refractivity contribution in [3.63, 3.8) is 0 Å². The summed E-state index contributed by atoms with van der Waals surface area (Å²) in [5.74, 6) is 0.249. The first-order valence-electron chi connectivity index (χ1n) is 9.03. The highest BCUT2D eigenvalue weighted by Gasteiger charge is 2.31. The Labute approximate surface area is 178 Å². The van der Waals surface area contributed by atoms with Gasteiger partial charge in [-0.3, -0.25) is 0 Å². The van der Waals surface area contributed by atoms with Gasteiger partial charge in [-0.05, 0) is 42.8 Å². The molecule has 11 heteroatoms. The van der Waals surface area contributed by atoms with Crippen molar-refractivity contribution in [1.29, 1.82) is 0 Å². The molecule has 0 radical (unpaired) electrons. The van der Waals surface area contributed by atoms with Crippen LogP contribution in [0.15, 0.2) is 40.6 Å². The first-order chi connectivity index (χ1) is 13.9. The van der Waals surface area contributed by atoms with Gasteiger partial charge in [0.05, 0.1) is 10.9 Å². The third-order valence-corrected chi connectivity index (χ3v) is 7.95. The number of carbonyl (C=O) groups is 1. The fourth-order valence-corrected chi connectivity index (χ4v) is 5.85. The first-order valence-corrected chi connectivity index (χ1v) is 11.7. The lowest BCUT2D eigenvalue weighted by Gasteiger charge is -2.33. The lowest BCUT2D eigenvalue weighted by molar-refractivity contribution is 0.171. The minimum absolute atomic E-state index is 0.210. The van der Waals surface area contributed by atoms with E-state index in [9.17, 15) is 17.6 Å². The maximum absolute atomic E-state index is 12.8. The molecule has 1 saturated heterocycles. The minimum Gasteiger partial charge on any atom is -0.494 e. The van der Waals surface area contributed by atoms with Gasteiger partial charge in [-0.1, -0.05) is 11.6 Å². The lowest BCUT2D eigenvalue weighted by atomic mass is 10.3. The summed E-state index contributed by atoms with van der Waals surface area (Å²) < 4.78 is 45.5. The van der Waals surface area contributed by atoms with E-state index in [-0.39, 0.29) is 29.1 Å². The normalized spacial score (nSPS) is 15.3. The highest BCUT2D eigenvalue weighted by Crippen LogP contribution is 2.28. The maximum atomic E-state index is 12.8.